The van der Waals surface area contributed by atoms with Crippen molar-refractivity contribution in [1.82, 2.24) is 19.9 Å². The number of aryl methyl sites for hydroxylation is 4. The molecule has 3 aromatic rings. The van der Waals surface area contributed by atoms with E-state index in [1.165, 1.54) is 44.5 Å². The standard InChI is InChI=1S/C34H40N4.Pt/c1-9-21-23(11-3)31-17-33-25(13-5)26(14-6)34(38-33)18-32-24(12-4)22(10-2)30(37-32)16-28-20(8)19(7)27(35-28)15-29(21)36-31;/h15-18H,9-14H2,1-8H3;/q-2;+2. The molecule has 0 spiro atoms. The second kappa shape index (κ2) is 11.8. The molecule has 39 heavy (non-hydrogen) atoms. The Labute approximate surface area is 247 Å². The van der Waals surface area contributed by atoms with E-state index in [0.717, 1.165) is 83.4 Å². The van der Waals surface area contributed by atoms with Crippen molar-refractivity contribution >= 4 is 44.4 Å². The van der Waals surface area contributed by atoms with Gasteiger partial charge in [-0.15, -0.1) is 22.1 Å². The van der Waals surface area contributed by atoms with Crippen LogP contribution < -0.4 is 9.97 Å². The predicted octanol–water partition coefficient (Wildman–Crippen LogP) is 8.50. The van der Waals surface area contributed by atoms with Gasteiger partial charge in [0, 0.05) is 0 Å². The largest absolute Gasteiger partial charge is 2.00 e. The second-order valence-electron chi connectivity index (χ2n) is 10.3. The van der Waals surface area contributed by atoms with Crippen molar-refractivity contribution in [3.05, 3.63) is 69.3 Å². The van der Waals surface area contributed by atoms with E-state index in [2.05, 4.69) is 79.7 Å². The average molecular weight is 700 g/mol. The molecule has 0 atom stereocenters. The van der Waals surface area contributed by atoms with Gasteiger partial charge < -0.3 is 9.97 Å². The topological polar surface area (TPSA) is 54.0 Å². The van der Waals surface area contributed by atoms with Crippen molar-refractivity contribution < 1.29 is 21.1 Å². The normalized spacial score (nSPS) is 13.3. The Hall–Kier alpha value is -2.71. The van der Waals surface area contributed by atoms with Crippen LogP contribution in [-0.2, 0) is 46.7 Å². The third kappa shape index (κ3) is 4.90. The van der Waals surface area contributed by atoms with Crippen LogP contribution in [0.4, 0.5) is 0 Å². The summed E-state index contributed by atoms with van der Waals surface area (Å²) in [7, 11) is 0. The number of hydrogen-bond donors (Lipinski definition) is 0. The first-order valence-electron chi connectivity index (χ1n) is 14.5. The molecule has 2 aliphatic heterocycles. The fourth-order valence-corrected chi connectivity index (χ4v) is 6.29. The van der Waals surface area contributed by atoms with Gasteiger partial charge in [0.2, 0.25) is 0 Å². The zero-order valence-electron chi connectivity index (χ0n) is 24.7. The molecule has 0 aliphatic carbocycles. The van der Waals surface area contributed by atoms with Gasteiger partial charge in [-0.3, -0.25) is 0 Å². The molecule has 4 nitrogen and oxygen atoms in total. The molecule has 3 aromatic heterocycles. The molecule has 0 N–H and O–H groups in total. The van der Waals surface area contributed by atoms with Crippen molar-refractivity contribution in [1.29, 1.82) is 0 Å². The Balaban J connectivity index is 0.00000353. The van der Waals surface area contributed by atoms with Gasteiger partial charge in [0.1, 0.15) is 0 Å². The molecule has 206 valence electrons. The Bertz CT molecular complexity index is 1530. The first kappa shape index (κ1) is 29.3. The smallest absolute Gasteiger partial charge is 0.657 e. The molecular weight excluding hydrogens is 659 g/mol. The Morgan fingerprint density at radius 1 is 0.462 bits per heavy atom. The maximum absolute atomic E-state index is 5.23. The zero-order valence-corrected chi connectivity index (χ0v) is 26.9. The van der Waals surface area contributed by atoms with Gasteiger partial charge in [-0.25, -0.2) is 9.97 Å². The van der Waals surface area contributed by atoms with Crippen LogP contribution >= 0.6 is 0 Å². The van der Waals surface area contributed by atoms with Gasteiger partial charge in [-0.2, -0.15) is 0 Å². The van der Waals surface area contributed by atoms with Crippen LogP contribution in [0, 0.1) is 0 Å². The minimum absolute atomic E-state index is 0. The van der Waals surface area contributed by atoms with E-state index in [4.69, 9.17) is 19.9 Å². The number of allylic oxidation sites excluding steroid dienone is 4. The van der Waals surface area contributed by atoms with Crippen LogP contribution in [0.1, 0.15) is 113 Å². The molecule has 0 saturated carbocycles. The van der Waals surface area contributed by atoms with E-state index in [1.54, 1.807) is 0 Å². The van der Waals surface area contributed by atoms with Crippen molar-refractivity contribution in [2.45, 2.75) is 93.9 Å². The summed E-state index contributed by atoms with van der Waals surface area (Å²) in [5.74, 6) is 0. The number of aromatic nitrogens is 4. The monoisotopic (exact) mass is 699 g/mol. The van der Waals surface area contributed by atoms with E-state index in [-0.39, 0.29) is 21.1 Å². The summed E-state index contributed by atoms with van der Waals surface area (Å²) in [6.07, 6.45) is 5.68. The van der Waals surface area contributed by atoms with E-state index in [1.807, 2.05) is 0 Å². The molecule has 5 heterocycles. The Morgan fingerprint density at radius 3 is 1.03 bits per heavy atom. The van der Waals surface area contributed by atoms with Crippen LogP contribution in [0.25, 0.3) is 44.4 Å². The van der Waals surface area contributed by atoms with Crippen LogP contribution in [-0.4, -0.2) is 9.97 Å². The number of hydrogen-bond acceptors (Lipinski definition) is 2. The zero-order chi connectivity index (χ0) is 27.1. The molecule has 0 amide bonds. The van der Waals surface area contributed by atoms with Crippen molar-refractivity contribution in [2.24, 2.45) is 0 Å². The summed E-state index contributed by atoms with van der Waals surface area (Å²) in [6.45, 7) is 17.7. The summed E-state index contributed by atoms with van der Waals surface area (Å²) in [5, 5.41) is 0. The molecule has 0 aromatic carbocycles. The Morgan fingerprint density at radius 2 is 0.744 bits per heavy atom. The summed E-state index contributed by atoms with van der Waals surface area (Å²) < 4.78 is 0. The maximum Gasteiger partial charge on any atom is 2.00 e. The summed E-state index contributed by atoms with van der Waals surface area (Å²) >= 11 is 0. The fraction of sp³-hybridized carbons (Fsp3) is 0.412. The van der Waals surface area contributed by atoms with Crippen LogP contribution in [0.15, 0.2) is 24.3 Å². The van der Waals surface area contributed by atoms with Gasteiger partial charge in [0.15, 0.2) is 0 Å². The average Bonchev–Trinajstić information content (AvgIpc) is 3.61. The fourth-order valence-electron chi connectivity index (χ4n) is 6.29. The third-order valence-corrected chi connectivity index (χ3v) is 8.46. The second-order valence-corrected chi connectivity index (χ2v) is 10.3. The van der Waals surface area contributed by atoms with Gasteiger partial charge in [0.05, 0.1) is 22.8 Å². The summed E-state index contributed by atoms with van der Waals surface area (Å²) in [5.41, 5.74) is 18.7. The molecule has 5 rings (SSSR count). The third-order valence-electron chi connectivity index (χ3n) is 8.46. The maximum atomic E-state index is 5.23. The Kier molecular flexibility index (Phi) is 8.86. The van der Waals surface area contributed by atoms with Crippen LogP contribution in [0.3, 0.4) is 0 Å². The van der Waals surface area contributed by atoms with Gasteiger partial charge in [-0.05, 0) is 74.7 Å². The predicted molar refractivity (Wildman–Crippen MR) is 162 cm³/mol. The minimum Gasteiger partial charge on any atom is -0.657 e. The van der Waals surface area contributed by atoms with Crippen molar-refractivity contribution in [3.8, 4) is 0 Å². The molecule has 0 fully saturated rings. The number of fused-ring (bicyclic) bond motifs is 8. The van der Waals surface area contributed by atoms with E-state index in [0.29, 0.717) is 0 Å². The van der Waals surface area contributed by atoms with Gasteiger partial charge in [-0.1, -0.05) is 88.1 Å². The van der Waals surface area contributed by atoms with Crippen molar-refractivity contribution in [2.75, 3.05) is 0 Å². The quantitative estimate of drug-likeness (QED) is 0.259. The van der Waals surface area contributed by atoms with E-state index in [9.17, 15) is 0 Å². The summed E-state index contributed by atoms with van der Waals surface area (Å²) in [6, 6.07) is 8.85. The molecule has 8 bridgehead atoms. The number of nitrogens with zero attached hydrogens (tertiary/aromatic N) is 4. The SMILES string of the molecule is CCC1=C(CC)c2cc3[n-]c(cc4nc(cc5[n-]c(cc1n2)c(CC)c5CC)C(C)=C4C)c(CC)c3CC.[Pt+2]. The van der Waals surface area contributed by atoms with Crippen LogP contribution in [0.2, 0.25) is 0 Å². The summed E-state index contributed by atoms with van der Waals surface area (Å²) in [4.78, 5) is 20.7. The minimum atomic E-state index is 0. The molecule has 0 saturated heterocycles. The molecule has 0 unspecified atom stereocenters. The molecule has 0 radical (unpaired) electrons. The molecular formula is C34H40N4Pt. The molecule has 2 aliphatic rings. The van der Waals surface area contributed by atoms with Gasteiger partial charge in [0.25, 0.3) is 0 Å². The van der Waals surface area contributed by atoms with E-state index >= 15 is 0 Å². The van der Waals surface area contributed by atoms with Crippen LogP contribution in [0.5, 0.6) is 0 Å². The first-order valence-corrected chi connectivity index (χ1v) is 14.5. The van der Waals surface area contributed by atoms with E-state index < -0.39 is 0 Å². The van der Waals surface area contributed by atoms with Gasteiger partial charge >= 0.3 is 21.1 Å². The first-order chi connectivity index (χ1) is 18.4. The molecule has 5 heteroatoms. The number of rotatable bonds is 6. The van der Waals surface area contributed by atoms with Crippen molar-refractivity contribution in [3.63, 3.8) is 0 Å².